The van der Waals surface area contributed by atoms with Crippen LogP contribution in [0, 0.1) is 11.3 Å². The maximum atomic E-state index is 12.9. The highest BCUT2D eigenvalue weighted by atomic mass is 16.2. The highest BCUT2D eigenvalue weighted by Crippen LogP contribution is 2.25. The van der Waals surface area contributed by atoms with Crippen LogP contribution in [-0.2, 0) is 12.8 Å². The van der Waals surface area contributed by atoms with Crippen molar-refractivity contribution < 1.29 is 4.79 Å². The Morgan fingerprint density at radius 2 is 1.89 bits per heavy atom. The van der Waals surface area contributed by atoms with Gasteiger partial charge in [-0.25, -0.2) is 9.97 Å². The Kier molecular flexibility index (Phi) is 4.58. The first kappa shape index (κ1) is 16.9. The average Bonchev–Trinajstić information content (AvgIpc) is 2.96. The van der Waals surface area contributed by atoms with Crippen LogP contribution in [0.25, 0.3) is 11.3 Å². The highest BCUT2D eigenvalue weighted by molar-refractivity contribution is 5.94. The summed E-state index contributed by atoms with van der Waals surface area (Å²) in [6.07, 6.45) is 6.46. The molecule has 2 aromatic heterocycles. The van der Waals surface area contributed by atoms with Crippen molar-refractivity contribution in [3.05, 3.63) is 77.5 Å². The van der Waals surface area contributed by atoms with Crippen molar-refractivity contribution in [1.29, 1.82) is 5.26 Å². The van der Waals surface area contributed by atoms with Gasteiger partial charge in [0.05, 0.1) is 17.3 Å². The molecule has 0 unspecified atom stereocenters. The number of nitriles is 1. The van der Waals surface area contributed by atoms with Gasteiger partial charge in [0.25, 0.3) is 5.91 Å². The third-order valence-corrected chi connectivity index (χ3v) is 4.76. The van der Waals surface area contributed by atoms with Gasteiger partial charge in [0.15, 0.2) is 0 Å². The molecule has 3 aromatic rings. The summed E-state index contributed by atoms with van der Waals surface area (Å²) in [4.78, 5) is 27.7. The molecule has 4 rings (SSSR count). The van der Waals surface area contributed by atoms with Gasteiger partial charge in [-0.15, -0.1) is 0 Å². The van der Waals surface area contributed by atoms with Crippen LogP contribution < -0.4 is 0 Å². The van der Waals surface area contributed by atoms with E-state index in [2.05, 4.69) is 21.0 Å². The van der Waals surface area contributed by atoms with E-state index in [0.29, 0.717) is 37.1 Å². The minimum Gasteiger partial charge on any atom is -0.338 e. The third-order valence-electron chi connectivity index (χ3n) is 4.76. The van der Waals surface area contributed by atoms with E-state index in [4.69, 9.17) is 5.26 Å². The molecule has 1 aliphatic rings. The number of rotatable bonds is 2. The third kappa shape index (κ3) is 3.40. The van der Waals surface area contributed by atoms with Crippen molar-refractivity contribution >= 4 is 5.91 Å². The van der Waals surface area contributed by atoms with Gasteiger partial charge in [-0.1, -0.05) is 6.07 Å². The number of pyridine rings is 1. The largest absolute Gasteiger partial charge is 0.338 e. The standard InChI is InChI=1S/C21H17N5O/c22-13-15-2-1-3-17(12-15)21(27)26-10-6-18-19(7-11-26)24-14-25-20(18)16-4-8-23-9-5-16/h1-5,8-9,12,14H,6-7,10-11H2. The lowest BCUT2D eigenvalue weighted by atomic mass is 10.0. The number of carbonyl (C=O) groups excluding carboxylic acids is 1. The molecule has 27 heavy (non-hydrogen) atoms. The van der Waals surface area contributed by atoms with Crippen LogP contribution in [0.1, 0.15) is 27.2 Å². The van der Waals surface area contributed by atoms with Crippen molar-refractivity contribution in [2.45, 2.75) is 12.8 Å². The van der Waals surface area contributed by atoms with Crippen molar-refractivity contribution in [2.75, 3.05) is 13.1 Å². The van der Waals surface area contributed by atoms with Gasteiger partial charge >= 0.3 is 0 Å². The molecular weight excluding hydrogens is 338 g/mol. The van der Waals surface area contributed by atoms with Gasteiger partial charge in [-0.3, -0.25) is 9.78 Å². The van der Waals surface area contributed by atoms with E-state index in [1.807, 2.05) is 17.0 Å². The van der Waals surface area contributed by atoms with Crippen LogP contribution in [0.5, 0.6) is 0 Å². The summed E-state index contributed by atoms with van der Waals surface area (Å²) in [5.74, 6) is -0.0571. The Bertz CT molecular complexity index is 1030. The zero-order valence-corrected chi connectivity index (χ0v) is 14.7. The topological polar surface area (TPSA) is 82.8 Å². The molecule has 0 fully saturated rings. The summed E-state index contributed by atoms with van der Waals surface area (Å²) >= 11 is 0. The minimum absolute atomic E-state index is 0.0571. The van der Waals surface area contributed by atoms with Crippen LogP contribution in [0.2, 0.25) is 0 Å². The summed E-state index contributed by atoms with van der Waals surface area (Å²) < 4.78 is 0. The minimum atomic E-state index is -0.0571. The summed E-state index contributed by atoms with van der Waals surface area (Å²) in [7, 11) is 0. The van der Waals surface area contributed by atoms with Gasteiger partial charge in [-0.05, 0) is 36.8 Å². The molecule has 6 nitrogen and oxygen atoms in total. The lowest BCUT2D eigenvalue weighted by Gasteiger charge is -2.20. The van der Waals surface area contributed by atoms with E-state index < -0.39 is 0 Å². The van der Waals surface area contributed by atoms with E-state index in [9.17, 15) is 4.79 Å². The van der Waals surface area contributed by atoms with Crippen molar-refractivity contribution in [3.63, 3.8) is 0 Å². The van der Waals surface area contributed by atoms with E-state index in [0.717, 1.165) is 22.5 Å². The Balaban J connectivity index is 1.60. The molecule has 0 spiro atoms. The fourth-order valence-electron chi connectivity index (χ4n) is 3.39. The highest BCUT2D eigenvalue weighted by Gasteiger charge is 2.23. The van der Waals surface area contributed by atoms with E-state index in [1.54, 1.807) is 43.0 Å². The Hall–Kier alpha value is -3.59. The molecule has 1 aromatic carbocycles. The first-order valence-electron chi connectivity index (χ1n) is 8.79. The summed E-state index contributed by atoms with van der Waals surface area (Å²) in [6.45, 7) is 1.18. The molecule has 0 bridgehead atoms. The molecule has 1 amide bonds. The number of carbonyl (C=O) groups is 1. The normalized spacial score (nSPS) is 13.4. The molecule has 3 heterocycles. The first-order chi connectivity index (χ1) is 13.3. The van der Waals surface area contributed by atoms with E-state index in [-0.39, 0.29) is 5.91 Å². The summed E-state index contributed by atoms with van der Waals surface area (Å²) in [6, 6.07) is 12.8. The molecule has 132 valence electrons. The number of nitrogens with zero attached hydrogens (tertiary/aromatic N) is 5. The number of hydrogen-bond acceptors (Lipinski definition) is 5. The number of fused-ring (bicyclic) bond motifs is 1. The molecule has 0 saturated heterocycles. The van der Waals surface area contributed by atoms with Crippen LogP contribution in [0.4, 0.5) is 0 Å². The van der Waals surface area contributed by atoms with Crippen LogP contribution in [-0.4, -0.2) is 38.8 Å². The Morgan fingerprint density at radius 1 is 1.07 bits per heavy atom. The van der Waals surface area contributed by atoms with Crippen molar-refractivity contribution in [2.24, 2.45) is 0 Å². The summed E-state index contributed by atoms with van der Waals surface area (Å²) in [5.41, 5.74) is 5.02. The first-order valence-corrected chi connectivity index (χ1v) is 8.79. The second kappa shape index (κ2) is 7.34. The fourth-order valence-corrected chi connectivity index (χ4v) is 3.39. The maximum Gasteiger partial charge on any atom is 0.253 e. The lowest BCUT2D eigenvalue weighted by Crippen LogP contribution is -2.33. The van der Waals surface area contributed by atoms with Crippen LogP contribution in [0.3, 0.4) is 0 Å². The second-order valence-corrected chi connectivity index (χ2v) is 6.37. The Labute approximate surface area is 157 Å². The number of hydrogen-bond donors (Lipinski definition) is 0. The maximum absolute atomic E-state index is 12.9. The predicted molar refractivity (Wildman–Crippen MR) is 99.7 cm³/mol. The van der Waals surface area contributed by atoms with Crippen molar-refractivity contribution in [1.82, 2.24) is 19.9 Å². The fraction of sp³-hybridized carbons (Fsp3) is 0.190. The van der Waals surface area contributed by atoms with Gasteiger partial charge < -0.3 is 4.90 Å². The molecule has 0 atom stereocenters. The van der Waals surface area contributed by atoms with Gasteiger partial charge in [0.1, 0.15) is 6.33 Å². The number of aromatic nitrogens is 3. The average molecular weight is 355 g/mol. The quantitative estimate of drug-likeness (QED) is 0.706. The smallest absolute Gasteiger partial charge is 0.253 e. The zero-order valence-electron chi connectivity index (χ0n) is 14.7. The van der Waals surface area contributed by atoms with Crippen molar-refractivity contribution in [3.8, 4) is 17.3 Å². The van der Waals surface area contributed by atoms with E-state index in [1.165, 1.54) is 0 Å². The molecule has 0 N–H and O–H groups in total. The molecule has 6 heteroatoms. The Morgan fingerprint density at radius 3 is 2.70 bits per heavy atom. The molecule has 0 radical (unpaired) electrons. The number of benzene rings is 1. The van der Waals surface area contributed by atoms with Crippen LogP contribution >= 0.6 is 0 Å². The second-order valence-electron chi connectivity index (χ2n) is 6.37. The van der Waals surface area contributed by atoms with Gasteiger partial charge in [0, 0.05) is 54.3 Å². The summed E-state index contributed by atoms with van der Waals surface area (Å²) in [5, 5.41) is 9.06. The van der Waals surface area contributed by atoms with Crippen LogP contribution in [0.15, 0.2) is 55.1 Å². The van der Waals surface area contributed by atoms with E-state index >= 15 is 0 Å². The predicted octanol–water partition coefficient (Wildman–Crippen LogP) is 2.65. The lowest BCUT2D eigenvalue weighted by molar-refractivity contribution is 0.0763. The number of amides is 1. The SMILES string of the molecule is N#Cc1cccc(C(=O)N2CCc3ncnc(-c4ccncc4)c3CC2)c1. The van der Waals surface area contributed by atoms with Gasteiger partial charge in [-0.2, -0.15) is 5.26 Å². The molecular formula is C21H17N5O. The molecule has 0 aliphatic carbocycles. The molecule has 0 saturated carbocycles. The monoisotopic (exact) mass is 355 g/mol. The molecule has 1 aliphatic heterocycles. The zero-order chi connectivity index (χ0) is 18.6. The van der Waals surface area contributed by atoms with Gasteiger partial charge in [0.2, 0.25) is 0 Å².